The molecule has 96 valence electrons. The molecule has 1 aliphatic heterocycles. The highest BCUT2D eigenvalue weighted by atomic mass is 32.1. The van der Waals surface area contributed by atoms with E-state index in [0.717, 1.165) is 13.0 Å². The maximum Gasteiger partial charge on any atom is 0.102 e. The van der Waals surface area contributed by atoms with E-state index in [9.17, 15) is 5.11 Å². The summed E-state index contributed by atoms with van der Waals surface area (Å²) < 4.78 is 6.55. The fraction of sp³-hybridized carbons (Fsp3) is 0.429. The molecule has 2 aromatic rings. The lowest BCUT2D eigenvalue weighted by Crippen LogP contribution is -2.40. The molecular formula is C14H17NO2S. The third-order valence-electron chi connectivity index (χ3n) is 3.41. The van der Waals surface area contributed by atoms with Crippen molar-refractivity contribution in [1.29, 1.82) is 0 Å². The first-order valence-electron chi connectivity index (χ1n) is 6.23. The van der Waals surface area contributed by atoms with Gasteiger partial charge in [-0.25, -0.2) is 0 Å². The zero-order chi connectivity index (χ0) is 12.4. The van der Waals surface area contributed by atoms with Crippen molar-refractivity contribution in [1.82, 2.24) is 5.32 Å². The van der Waals surface area contributed by atoms with E-state index >= 15 is 0 Å². The van der Waals surface area contributed by atoms with Crippen LogP contribution in [0.25, 0.3) is 10.1 Å². The molecule has 1 unspecified atom stereocenters. The summed E-state index contributed by atoms with van der Waals surface area (Å²) in [6.45, 7) is 2.51. The van der Waals surface area contributed by atoms with Gasteiger partial charge < -0.3 is 15.2 Å². The Kier molecular flexibility index (Phi) is 3.35. The number of hydrogen-bond acceptors (Lipinski definition) is 4. The minimum atomic E-state index is -0.675. The predicted molar refractivity (Wildman–Crippen MR) is 73.9 cm³/mol. The Hall–Kier alpha value is -0.940. The van der Waals surface area contributed by atoms with E-state index in [2.05, 4.69) is 35.0 Å². The average molecular weight is 263 g/mol. The second-order valence-corrected chi connectivity index (χ2v) is 5.80. The Balaban J connectivity index is 1.63. The summed E-state index contributed by atoms with van der Waals surface area (Å²) in [6.07, 6.45) is 0.727. The molecule has 1 aromatic carbocycles. The molecule has 2 N–H and O–H groups in total. The van der Waals surface area contributed by atoms with E-state index in [-0.39, 0.29) is 0 Å². The van der Waals surface area contributed by atoms with Gasteiger partial charge in [-0.05, 0) is 22.4 Å². The zero-order valence-electron chi connectivity index (χ0n) is 10.2. The second kappa shape index (κ2) is 4.97. The quantitative estimate of drug-likeness (QED) is 0.888. The van der Waals surface area contributed by atoms with Crippen LogP contribution in [0.2, 0.25) is 0 Å². The first kappa shape index (κ1) is 12.1. The number of ether oxygens (including phenoxy) is 1. The molecule has 1 aromatic heterocycles. The number of hydrogen-bond donors (Lipinski definition) is 2. The van der Waals surface area contributed by atoms with Crippen LogP contribution in [0.4, 0.5) is 0 Å². The fourth-order valence-corrected chi connectivity index (χ4v) is 3.30. The molecule has 1 saturated heterocycles. The summed E-state index contributed by atoms with van der Waals surface area (Å²) in [5.41, 5.74) is 0.629. The monoisotopic (exact) mass is 263 g/mol. The molecule has 0 spiro atoms. The largest absolute Gasteiger partial charge is 0.386 e. The Morgan fingerprint density at radius 3 is 3.11 bits per heavy atom. The smallest absolute Gasteiger partial charge is 0.102 e. The molecule has 3 nitrogen and oxygen atoms in total. The van der Waals surface area contributed by atoms with Crippen molar-refractivity contribution < 1.29 is 9.84 Å². The van der Waals surface area contributed by atoms with Gasteiger partial charge in [0.2, 0.25) is 0 Å². The average Bonchev–Trinajstić information content (AvgIpc) is 2.97. The lowest BCUT2D eigenvalue weighted by Gasteiger charge is -2.20. The van der Waals surface area contributed by atoms with Gasteiger partial charge in [0.25, 0.3) is 0 Å². The molecular weight excluding hydrogens is 246 g/mol. The highest BCUT2D eigenvalue weighted by Crippen LogP contribution is 2.25. The van der Waals surface area contributed by atoms with Crippen molar-refractivity contribution in [3.8, 4) is 0 Å². The summed E-state index contributed by atoms with van der Waals surface area (Å²) in [4.78, 5) is 0. The molecule has 0 amide bonds. The van der Waals surface area contributed by atoms with Crippen LogP contribution in [0, 0.1) is 0 Å². The molecule has 0 saturated carbocycles. The van der Waals surface area contributed by atoms with Crippen molar-refractivity contribution in [2.24, 2.45) is 0 Å². The highest BCUT2D eigenvalue weighted by molar-refractivity contribution is 7.17. The van der Waals surface area contributed by atoms with Crippen molar-refractivity contribution >= 4 is 21.4 Å². The van der Waals surface area contributed by atoms with Crippen LogP contribution in [-0.2, 0) is 11.3 Å². The number of fused-ring (bicyclic) bond motifs is 1. The van der Waals surface area contributed by atoms with Crippen molar-refractivity contribution in [2.75, 3.05) is 19.8 Å². The van der Waals surface area contributed by atoms with Gasteiger partial charge in [-0.1, -0.05) is 18.2 Å². The minimum Gasteiger partial charge on any atom is -0.386 e. The lowest BCUT2D eigenvalue weighted by molar-refractivity contribution is 0.0269. The highest BCUT2D eigenvalue weighted by Gasteiger charge is 2.31. The van der Waals surface area contributed by atoms with Gasteiger partial charge in [-0.2, -0.15) is 0 Å². The third kappa shape index (κ3) is 2.42. The standard InChI is InChI=1S/C14H17NO2S/c16-14(5-6-17-10-14)9-15-7-11-8-18-13-4-2-1-3-12(11)13/h1-4,8,15-16H,5-7,9-10H2. The molecule has 18 heavy (non-hydrogen) atoms. The first-order valence-corrected chi connectivity index (χ1v) is 7.11. The molecule has 0 aliphatic carbocycles. The number of benzene rings is 1. The number of thiophene rings is 1. The van der Waals surface area contributed by atoms with E-state index in [1.807, 2.05) is 0 Å². The Morgan fingerprint density at radius 2 is 2.28 bits per heavy atom. The lowest BCUT2D eigenvalue weighted by atomic mass is 10.0. The van der Waals surface area contributed by atoms with Crippen molar-refractivity contribution in [3.63, 3.8) is 0 Å². The molecule has 1 atom stereocenters. The number of rotatable bonds is 4. The molecule has 1 aliphatic rings. The molecule has 1 fully saturated rings. The van der Waals surface area contributed by atoms with E-state index < -0.39 is 5.60 Å². The van der Waals surface area contributed by atoms with Crippen molar-refractivity contribution in [2.45, 2.75) is 18.6 Å². The number of aliphatic hydroxyl groups is 1. The van der Waals surface area contributed by atoms with Crippen LogP contribution >= 0.6 is 11.3 Å². The molecule has 0 radical (unpaired) electrons. The molecule has 2 heterocycles. The van der Waals surface area contributed by atoms with Gasteiger partial charge in [0, 0.05) is 30.8 Å². The predicted octanol–water partition coefficient (Wildman–Crippen LogP) is 2.14. The third-order valence-corrected chi connectivity index (χ3v) is 4.43. The van der Waals surface area contributed by atoms with Crippen LogP contribution < -0.4 is 5.32 Å². The topological polar surface area (TPSA) is 41.5 Å². The molecule has 0 bridgehead atoms. The van der Waals surface area contributed by atoms with Gasteiger partial charge >= 0.3 is 0 Å². The van der Waals surface area contributed by atoms with E-state index in [1.54, 1.807) is 11.3 Å². The summed E-state index contributed by atoms with van der Waals surface area (Å²) in [7, 11) is 0. The van der Waals surface area contributed by atoms with Crippen molar-refractivity contribution in [3.05, 3.63) is 35.2 Å². The minimum absolute atomic E-state index is 0.449. The Bertz CT molecular complexity index is 531. The summed E-state index contributed by atoms with van der Waals surface area (Å²) in [5.74, 6) is 0. The summed E-state index contributed by atoms with van der Waals surface area (Å²) in [6, 6.07) is 8.42. The van der Waals surface area contributed by atoms with E-state index in [1.165, 1.54) is 15.6 Å². The molecule has 3 rings (SSSR count). The van der Waals surface area contributed by atoms with Crippen LogP contribution in [0.3, 0.4) is 0 Å². The van der Waals surface area contributed by atoms with Crippen LogP contribution in [-0.4, -0.2) is 30.5 Å². The van der Waals surface area contributed by atoms with Gasteiger partial charge in [0.1, 0.15) is 5.60 Å². The summed E-state index contributed by atoms with van der Waals surface area (Å²) in [5, 5.41) is 17.0. The second-order valence-electron chi connectivity index (χ2n) is 4.89. The van der Waals surface area contributed by atoms with Crippen LogP contribution in [0.15, 0.2) is 29.6 Å². The van der Waals surface area contributed by atoms with E-state index in [0.29, 0.717) is 19.8 Å². The SMILES string of the molecule is OC1(CNCc2csc3ccccc23)CCOC1. The van der Waals surface area contributed by atoms with Crippen LogP contribution in [0.1, 0.15) is 12.0 Å². The van der Waals surface area contributed by atoms with Crippen LogP contribution in [0.5, 0.6) is 0 Å². The van der Waals surface area contributed by atoms with Gasteiger partial charge in [0.05, 0.1) is 6.61 Å². The Labute approximate surface area is 110 Å². The molecule has 4 heteroatoms. The normalized spacial score (nSPS) is 23.8. The first-order chi connectivity index (χ1) is 8.77. The van der Waals surface area contributed by atoms with Gasteiger partial charge in [-0.3, -0.25) is 0 Å². The van der Waals surface area contributed by atoms with Gasteiger partial charge in [0.15, 0.2) is 0 Å². The van der Waals surface area contributed by atoms with Gasteiger partial charge in [-0.15, -0.1) is 11.3 Å². The zero-order valence-corrected chi connectivity index (χ0v) is 11.0. The maximum atomic E-state index is 10.1. The fourth-order valence-electron chi connectivity index (χ4n) is 2.34. The summed E-state index contributed by atoms with van der Waals surface area (Å²) >= 11 is 1.77. The van der Waals surface area contributed by atoms with E-state index in [4.69, 9.17) is 4.74 Å². The number of nitrogens with one attached hydrogen (secondary N) is 1. The Morgan fingerprint density at radius 1 is 1.39 bits per heavy atom. The maximum absolute atomic E-state index is 10.1.